The fraction of sp³-hybridized carbons (Fsp3) is 0.409. The summed E-state index contributed by atoms with van der Waals surface area (Å²) in [6.45, 7) is 3.98. The maximum Gasteiger partial charge on any atom is 0.333 e. The number of aliphatic hydroxyl groups excluding tert-OH is 1. The van der Waals surface area contributed by atoms with Crippen LogP contribution in [0.2, 0.25) is 0 Å². The first kappa shape index (κ1) is 19.4. The van der Waals surface area contributed by atoms with Crippen LogP contribution in [-0.2, 0) is 0 Å². The fourth-order valence-electron chi connectivity index (χ4n) is 3.81. The maximum absolute atomic E-state index is 13.1. The molecule has 7 heteroatoms. The minimum atomic E-state index is -0.198. The maximum atomic E-state index is 13.1. The van der Waals surface area contributed by atoms with Crippen molar-refractivity contribution in [3.63, 3.8) is 0 Å². The summed E-state index contributed by atoms with van der Waals surface area (Å²) in [5.74, 6) is 0.549. The van der Waals surface area contributed by atoms with Gasteiger partial charge in [-0.15, -0.1) is 0 Å². The minimum absolute atomic E-state index is 0.0410. The Morgan fingerprint density at radius 2 is 1.83 bits per heavy atom. The van der Waals surface area contributed by atoms with Crippen LogP contribution in [0.15, 0.2) is 53.6 Å². The summed E-state index contributed by atoms with van der Waals surface area (Å²) >= 11 is 0. The van der Waals surface area contributed by atoms with Gasteiger partial charge in [0.15, 0.2) is 0 Å². The number of rotatable bonds is 5. The van der Waals surface area contributed by atoms with Crippen molar-refractivity contribution in [3.05, 3.63) is 59.3 Å². The molecule has 29 heavy (non-hydrogen) atoms. The van der Waals surface area contributed by atoms with Gasteiger partial charge in [-0.2, -0.15) is 0 Å². The van der Waals surface area contributed by atoms with Crippen molar-refractivity contribution in [2.24, 2.45) is 0 Å². The molecule has 2 heterocycles. The van der Waals surface area contributed by atoms with Gasteiger partial charge >= 0.3 is 5.69 Å². The lowest BCUT2D eigenvalue weighted by molar-refractivity contribution is 0.126. The summed E-state index contributed by atoms with van der Waals surface area (Å²) in [4.78, 5) is 22.1. The van der Waals surface area contributed by atoms with Crippen molar-refractivity contribution in [3.8, 4) is 17.1 Å². The number of benzene rings is 1. The Morgan fingerprint density at radius 3 is 2.52 bits per heavy atom. The second kappa shape index (κ2) is 8.21. The summed E-state index contributed by atoms with van der Waals surface area (Å²) in [5, 5.41) is 13.1. The van der Waals surface area contributed by atoms with Gasteiger partial charge in [0.2, 0.25) is 5.95 Å². The largest absolute Gasteiger partial charge is 0.393 e. The van der Waals surface area contributed by atoms with Crippen LogP contribution in [0.25, 0.3) is 17.1 Å². The Balaban J connectivity index is 1.71. The molecule has 0 spiro atoms. The molecule has 7 nitrogen and oxygen atoms in total. The van der Waals surface area contributed by atoms with Gasteiger partial charge < -0.3 is 10.4 Å². The van der Waals surface area contributed by atoms with Crippen molar-refractivity contribution < 1.29 is 5.11 Å². The minimum Gasteiger partial charge on any atom is -0.393 e. The van der Waals surface area contributed by atoms with Crippen molar-refractivity contribution in [1.82, 2.24) is 19.1 Å². The molecular weight excluding hydrogens is 366 g/mol. The highest BCUT2D eigenvalue weighted by Gasteiger charge is 2.21. The van der Waals surface area contributed by atoms with Gasteiger partial charge in [0.1, 0.15) is 0 Å². The van der Waals surface area contributed by atoms with E-state index in [-0.39, 0.29) is 23.9 Å². The molecule has 152 valence electrons. The number of imidazole rings is 1. The molecule has 0 saturated heterocycles. The van der Waals surface area contributed by atoms with Gasteiger partial charge in [0.25, 0.3) is 0 Å². The van der Waals surface area contributed by atoms with Crippen LogP contribution in [0.1, 0.15) is 45.6 Å². The van der Waals surface area contributed by atoms with Crippen LogP contribution in [0, 0.1) is 0 Å². The molecule has 0 unspecified atom stereocenters. The molecular formula is C22H27N5O2. The molecule has 1 aliphatic carbocycles. The van der Waals surface area contributed by atoms with E-state index >= 15 is 0 Å². The van der Waals surface area contributed by atoms with Gasteiger partial charge in [0, 0.05) is 24.5 Å². The molecule has 2 aromatic heterocycles. The summed E-state index contributed by atoms with van der Waals surface area (Å²) in [6.07, 6.45) is 6.76. The van der Waals surface area contributed by atoms with Crippen LogP contribution in [0.5, 0.6) is 0 Å². The fourth-order valence-corrected chi connectivity index (χ4v) is 3.81. The van der Waals surface area contributed by atoms with E-state index in [4.69, 9.17) is 4.98 Å². The summed E-state index contributed by atoms with van der Waals surface area (Å²) in [7, 11) is 0. The highest BCUT2D eigenvalue weighted by Crippen LogP contribution is 2.24. The molecule has 2 N–H and O–H groups in total. The number of nitrogens with zero attached hydrogens (tertiary/aromatic N) is 4. The third kappa shape index (κ3) is 4.10. The van der Waals surface area contributed by atoms with Crippen LogP contribution in [-0.4, -0.2) is 36.4 Å². The van der Waals surface area contributed by atoms with E-state index in [0.717, 1.165) is 37.1 Å². The predicted octanol–water partition coefficient (Wildman–Crippen LogP) is 3.39. The highest BCUT2D eigenvalue weighted by atomic mass is 16.3. The van der Waals surface area contributed by atoms with E-state index in [1.807, 2.05) is 56.4 Å². The van der Waals surface area contributed by atoms with E-state index in [1.165, 1.54) is 0 Å². The highest BCUT2D eigenvalue weighted by molar-refractivity contribution is 5.59. The average molecular weight is 393 g/mol. The number of aliphatic hydroxyl groups is 1. The Kier molecular flexibility index (Phi) is 5.49. The second-order valence-corrected chi connectivity index (χ2v) is 7.88. The predicted molar refractivity (Wildman–Crippen MR) is 113 cm³/mol. The Labute approximate surface area is 170 Å². The first-order chi connectivity index (χ1) is 14.0. The first-order valence-electron chi connectivity index (χ1n) is 10.2. The van der Waals surface area contributed by atoms with E-state index < -0.39 is 0 Å². The molecule has 1 aromatic carbocycles. The topological polar surface area (TPSA) is 85.0 Å². The third-order valence-corrected chi connectivity index (χ3v) is 5.43. The molecule has 0 amide bonds. The van der Waals surface area contributed by atoms with Crippen molar-refractivity contribution >= 4 is 5.95 Å². The van der Waals surface area contributed by atoms with Crippen LogP contribution in [0.4, 0.5) is 5.95 Å². The molecule has 1 saturated carbocycles. The van der Waals surface area contributed by atoms with Crippen LogP contribution < -0.4 is 11.0 Å². The lowest BCUT2D eigenvalue weighted by Gasteiger charge is -2.26. The lowest BCUT2D eigenvalue weighted by atomic mass is 9.93. The van der Waals surface area contributed by atoms with E-state index in [1.54, 1.807) is 15.3 Å². The number of anilines is 1. The SMILES string of the molecule is CC(C)n1cc(-c2ccnc(NC3CCC(O)CC3)n2)n(-c2ccccc2)c1=O. The van der Waals surface area contributed by atoms with Gasteiger partial charge in [-0.3, -0.25) is 9.13 Å². The molecule has 1 fully saturated rings. The molecule has 3 aromatic rings. The molecule has 0 aliphatic heterocycles. The Bertz CT molecular complexity index is 1020. The Hall–Kier alpha value is -2.93. The zero-order valence-corrected chi connectivity index (χ0v) is 16.8. The normalized spacial score (nSPS) is 19.4. The molecule has 4 rings (SSSR count). The van der Waals surface area contributed by atoms with Gasteiger partial charge in [-0.1, -0.05) is 18.2 Å². The number of para-hydroxylation sites is 1. The summed E-state index contributed by atoms with van der Waals surface area (Å²) in [5.41, 5.74) is 2.15. The first-order valence-corrected chi connectivity index (χ1v) is 10.2. The van der Waals surface area contributed by atoms with Crippen molar-refractivity contribution in [2.75, 3.05) is 5.32 Å². The van der Waals surface area contributed by atoms with E-state index in [2.05, 4.69) is 10.3 Å². The van der Waals surface area contributed by atoms with Crippen molar-refractivity contribution in [2.45, 2.75) is 57.7 Å². The summed E-state index contributed by atoms with van der Waals surface area (Å²) in [6, 6.07) is 11.7. The van der Waals surface area contributed by atoms with Gasteiger partial charge in [-0.25, -0.2) is 14.8 Å². The number of aromatic nitrogens is 4. The molecule has 1 aliphatic rings. The quantitative estimate of drug-likeness (QED) is 0.694. The standard InChI is InChI=1S/C22H27N5O2/c1-15(2)26-14-20(27(22(26)29)17-6-4-3-5-7-17)19-12-13-23-21(25-19)24-16-8-10-18(28)11-9-16/h3-7,12-16,18,28H,8-11H2,1-2H3,(H,23,24,25). The molecule has 0 radical (unpaired) electrons. The average Bonchev–Trinajstić information content (AvgIpc) is 3.08. The van der Waals surface area contributed by atoms with E-state index in [9.17, 15) is 9.90 Å². The second-order valence-electron chi connectivity index (χ2n) is 7.88. The molecule has 0 bridgehead atoms. The monoisotopic (exact) mass is 393 g/mol. The van der Waals surface area contributed by atoms with Crippen LogP contribution >= 0.6 is 0 Å². The zero-order chi connectivity index (χ0) is 20.4. The number of hydrogen-bond acceptors (Lipinski definition) is 5. The lowest BCUT2D eigenvalue weighted by Crippen LogP contribution is -2.29. The summed E-state index contributed by atoms with van der Waals surface area (Å²) < 4.78 is 3.42. The number of hydrogen-bond donors (Lipinski definition) is 2. The molecule has 0 atom stereocenters. The smallest absolute Gasteiger partial charge is 0.333 e. The third-order valence-electron chi connectivity index (χ3n) is 5.43. The number of nitrogens with one attached hydrogen (secondary N) is 1. The van der Waals surface area contributed by atoms with Gasteiger partial charge in [-0.05, 0) is 57.7 Å². The van der Waals surface area contributed by atoms with Crippen molar-refractivity contribution in [1.29, 1.82) is 0 Å². The van der Waals surface area contributed by atoms with Crippen LogP contribution in [0.3, 0.4) is 0 Å². The van der Waals surface area contributed by atoms with E-state index in [0.29, 0.717) is 11.6 Å². The van der Waals surface area contributed by atoms with Gasteiger partial charge in [0.05, 0.1) is 23.2 Å². The zero-order valence-electron chi connectivity index (χ0n) is 16.8. The Morgan fingerprint density at radius 1 is 1.10 bits per heavy atom.